The second-order valence-electron chi connectivity index (χ2n) is 11.5. The van der Waals surface area contributed by atoms with Gasteiger partial charge in [-0.05, 0) is 57.4 Å². The van der Waals surface area contributed by atoms with Crippen LogP contribution in [-0.4, -0.2) is 0 Å². The molecule has 0 spiro atoms. The second-order valence-corrected chi connectivity index (χ2v) is 11.5. The van der Waals surface area contributed by atoms with Crippen LogP contribution in [0.15, 0.2) is 152 Å². The summed E-state index contributed by atoms with van der Waals surface area (Å²) in [5, 5.41) is 0. The SMILES string of the molecule is CCC1C(c2ccccc2)C(c2ccccc2)C(c2ccccc2)C2(c3ccccc3)C(c3ccccc3)C12. The minimum Gasteiger partial charge on any atom is -0.0651 e. The van der Waals surface area contributed by atoms with Gasteiger partial charge in [0.05, 0.1) is 0 Å². The summed E-state index contributed by atoms with van der Waals surface area (Å²) >= 11 is 0. The lowest BCUT2D eigenvalue weighted by Gasteiger charge is -2.48. The second kappa shape index (κ2) is 10.0. The fourth-order valence-corrected chi connectivity index (χ4v) is 8.71. The molecule has 0 amide bonds. The Balaban J connectivity index is 1.56. The van der Waals surface area contributed by atoms with Gasteiger partial charge in [0.2, 0.25) is 0 Å². The van der Waals surface area contributed by atoms with Gasteiger partial charge in [-0.1, -0.05) is 165 Å². The first kappa shape index (κ1) is 24.2. The molecular formula is C39H36. The van der Waals surface area contributed by atoms with Crippen LogP contribution in [0.5, 0.6) is 0 Å². The van der Waals surface area contributed by atoms with Crippen LogP contribution in [-0.2, 0) is 5.41 Å². The fourth-order valence-electron chi connectivity index (χ4n) is 8.71. The quantitative estimate of drug-likeness (QED) is 0.216. The molecule has 0 heteroatoms. The molecule has 0 nitrogen and oxygen atoms in total. The lowest BCUT2D eigenvalue weighted by molar-refractivity contribution is 0.199. The summed E-state index contributed by atoms with van der Waals surface area (Å²) in [6, 6.07) is 57.2. The van der Waals surface area contributed by atoms with Crippen molar-refractivity contribution in [2.45, 2.75) is 42.4 Å². The minimum absolute atomic E-state index is 0.0381. The van der Waals surface area contributed by atoms with Crippen LogP contribution < -0.4 is 0 Å². The smallest absolute Gasteiger partial charge is 0.0137 e. The van der Waals surface area contributed by atoms with Gasteiger partial charge >= 0.3 is 0 Å². The van der Waals surface area contributed by atoms with Crippen molar-refractivity contribution >= 4 is 0 Å². The zero-order valence-electron chi connectivity index (χ0n) is 22.6. The molecule has 192 valence electrons. The van der Waals surface area contributed by atoms with Gasteiger partial charge in [-0.2, -0.15) is 0 Å². The van der Waals surface area contributed by atoms with E-state index in [-0.39, 0.29) is 5.41 Å². The van der Waals surface area contributed by atoms with Gasteiger partial charge in [0, 0.05) is 11.3 Å². The average Bonchev–Trinajstić information content (AvgIpc) is 3.73. The van der Waals surface area contributed by atoms with Gasteiger partial charge in [-0.3, -0.25) is 0 Å². The van der Waals surface area contributed by atoms with Crippen LogP contribution >= 0.6 is 0 Å². The maximum atomic E-state index is 2.43. The minimum atomic E-state index is 0.0381. The molecule has 5 aromatic carbocycles. The summed E-state index contributed by atoms with van der Waals surface area (Å²) in [6.45, 7) is 2.43. The zero-order valence-corrected chi connectivity index (χ0v) is 22.6. The average molecular weight is 505 g/mol. The predicted octanol–water partition coefficient (Wildman–Crippen LogP) is 9.73. The van der Waals surface area contributed by atoms with Gasteiger partial charge < -0.3 is 0 Å². The molecule has 0 aliphatic heterocycles. The van der Waals surface area contributed by atoms with E-state index in [2.05, 4.69) is 159 Å². The molecule has 2 aliphatic carbocycles. The van der Waals surface area contributed by atoms with E-state index >= 15 is 0 Å². The van der Waals surface area contributed by atoms with Crippen molar-refractivity contribution in [2.75, 3.05) is 0 Å². The molecule has 7 rings (SSSR count). The van der Waals surface area contributed by atoms with Gasteiger partial charge in [-0.15, -0.1) is 0 Å². The summed E-state index contributed by atoms with van der Waals surface area (Å²) in [4.78, 5) is 0. The highest BCUT2D eigenvalue weighted by Crippen LogP contribution is 2.82. The van der Waals surface area contributed by atoms with E-state index in [1.165, 1.54) is 34.2 Å². The van der Waals surface area contributed by atoms with Crippen molar-refractivity contribution < 1.29 is 0 Å². The van der Waals surface area contributed by atoms with Crippen LogP contribution in [0.25, 0.3) is 0 Å². The van der Waals surface area contributed by atoms with Gasteiger partial charge in [0.25, 0.3) is 0 Å². The lowest BCUT2D eigenvalue weighted by Crippen LogP contribution is -2.40. The Morgan fingerprint density at radius 3 is 1.28 bits per heavy atom. The molecule has 2 fully saturated rings. The first-order valence-electron chi connectivity index (χ1n) is 14.6. The van der Waals surface area contributed by atoms with Crippen LogP contribution in [0.1, 0.15) is 64.8 Å². The molecular weight excluding hydrogens is 468 g/mol. The Kier molecular flexibility index (Phi) is 6.20. The third-order valence-corrected chi connectivity index (χ3v) is 9.93. The first-order valence-corrected chi connectivity index (χ1v) is 14.6. The van der Waals surface area contributed by atoms with E-state index in [1.54, 1.807) is 0 Å². The van der Waals surface area contributed by atoms with Gasteiger partial charge in [0.1, 0.15) is 0 Å². The molecule has 7 atom stereocenters. The number of rotatable bonds is 6. The highest BCUT2D eigenvalue weighted by Gasteiger charge is 2.76. The molecule has 2 saturated carbocycles. The largest absolute Gasteiger partial charge is 0.0651 e. The molecule has 0 bridgehead atoms. The van der Waals surface area contributed by atoms with Gasteiger partial charge in [-0.25, -0.2) is 0 Å². The Morgan fingerprint density at radius 2 is 0.821 bits per heavy atom. The standard InChI is InChI=1S/C39H36/c1-2-33-34(28-18-8-3-9-19-28)35(29-20-10-4-11-21-29)36(30-22-12-5-13-23-30)39(32-26-16-7-17-27-32)37(38(33)39)31-24-14-6-15-25-31/h3-27,33-38H,2H2,1H3. The van der Waals surface area contributed by atoms with Crippen LogP contribution in [0.3, 0.4) is 0 Å². The molecule has 0 heterocycles. The van der Waals surface area contributed by atoms with E-state index in [4.69, 9.17) is 0 Å². The monoisotopic (exact) mass is 504 g/mol. The van der Waals surface area contributed by atoms with Gasteiger partial charge in [0.15, 0.2) is 0 Å². The predicted molar refractivity (Wildman–Crippen MR) is 162 cm³/mol. The third kappa shape index (κ3) is 3.80. The Hall–Kier alpha value is -3.90. The summed E-state index contributed by atoms with van der Waals surface area (Å²) in [5.74, 6) is 2.79. The maximum absolute atomic E-state index is 2.43. The molecule has 0 saturated heterocycles. The highest BCUT2D eigenvalue weighted by atomic mass is 14.8. The molecule has 0 N–H and O–H groups in total. The Bertz CT molecular complexity index is 1490. The summed E-state index contributed by atoms with van der Waals surface area (Å²) in [5.41, 5.74) is 7.45. The van der Waals surface area contributed by atoms with E-state index in [0.29, 0.717) is 35.5 Å². The molecule has 39 heavy (non-hydrogen) atoms. The van der Waals surface area contributed by atoms with Crippen LogP contribution in [0, 0.1) is 11.8 Å². The van der Waals surface area contributed by atoms with E-state index in [0.717, 1.165) is 0 Å². The first-order chi connectivity index (χ1) is 19.4. The van der Waals surface area contributed by atoms with Crippen molar-refractivity contribution in [1.82, 2.24) is 0 Å². The zero-order chi connectivity index (χ0) is 26.2. The number of fused-ring (bicyclic) bond motifs is 1. The van der Waals surface area contributed by atoms with E-state index in [1.807, 2.05) is 0 Å². The fraction of sp³-hybridized carbons (Fsp3) is 0.231. The molecule has 7 unspecified atom stereocenters. The number of hydrogen-bond acceptors (Lipinski definition) is 0. The Morgan fingerprint density at radius 1 is 0.436 bits per heavy atom. The molecule has 0 aromatic heterocycles. The van der Waals surface area contributed by atoms with Crippen LogP contribution in [0.4, 0.5) is 0 Å². The van der Waals surface area contributed by atoms with Crippen molar-refractivity contribution in [3.63, 3.8) is 0 Å². The topological polar surface area (TPSA) is 0 Å². The van der Waals surface area contributed by atoms with Crippen molar-refractivity contribution in [1.29, 1.82) is 0 Å². The maximum Gasteiger partial charge on any atom is 0.0137 e. The van der Waals surface area contributed by atoms with Crippen molar-refractivity contribution in [2.24, 2.45) is 11.8 Å². The summed E-state index contributed by atoms with van der Waals surface area (Å²) in [6.07, 6.45) is 1.17. The molecule has 2 aliphatic rings. The van der Waals surface area contributed by atoms with Crippen molar-refractivity contribution in [3.05, 3.63) is 179 Å². The molecule has 0 radical (unpaired) electrons. The van der Waals surface area contributed by atoms with E-state index < -0.39 is 0 Å². The number of benzene rings is 5. The highest BCUT2D eigenvalue weighted by molar-refractivity contribution is 5.56. The summed E-state index contributed by atoms with van der Waals surface area (Å²) < 4.78 is 0. The Labute approximate surface area is 233 Å². The third-order valence-electron chi connectivity index (χ3n) is 9.93. The summed E-state index contributed by atoms with van der Waals surface area (Å²) in [7, 11) is 0. The lowest BCUT2D eigenvalue weighted by atomic mass is 9.54. The molecule has 5 aromatic rings. The normalized spacial score (nSPS) is 29.4. The van der Waals surface area contributed by atoms with E-state index in [9.17, 15) is 0 Å². The van der Waals surface area contributed by atoms with Crippen LogP contribution in [0.2, 0.25) is 0 Å². The van der Waals surface area contributed by atoms with Crippen molar-refractivity contribution in [3.8, 4) is 0 Å². The number of hydrogen-bond donors (Lipinski definition) is 0.